The summed E-state index contributed by atoms with van der Waals surface area (Å²) in [6.45, 7) is 3.96. The van der Waals surface area contributed by atoms with Gasteiger partial charge in [-0.15, -0.1) is 0 Å². The lowest BCUT2D eigenvalue weighted by Gasteiger charge is -2.06. The van der Waals surface area contributed by atoms with Crippen LogP contribution in [0.1, 0.15) is 11.4 Å². The number of anilines is 1. The number of hydrogen-bond acceptors (Lipinski definition) is 3. The van der Waals surface area contributed by atoms with Crippen molar-refractivity contribution >= 4 is 22.6 Å². The third-order valence-corrected chi connectivity index (χ3v) is 3.23. The summed E-state index contributed by atoms with van der Waals surface area (Å²) < 4.78 is 1.83. The van der Waals surface area contributed by atoms with Gasteiger partial charge in [-0.25, -0.2) is 4.98 Å². The number of imidazole rings is 1. The predicted molar refractivity (Wildman–Crippen MR) is 76.4 cm³/mol. The van der Waals surface area contributed by atoms with Crippen LogP contribution in [0.3, 0.4) is 0 Å². The van der Waals surface area contributed by atoms with Gasteiger partial charge < -0.3 is 9.88 Å². The van der Waals surface area contributed by atoms with Crippen molar-refractivity contribution in [3.05, 3.63) is 42.0 Å². The first-order chi connectivity index (χ1) is 9.65. The molecule has 0 saturated heterocycles. The number of benzene rings is 1. The van der Waals surface area contributed by atoms with E-state index in [1.165, 1.54) is 0 Å². The number of fused-ring (bicyclic) bond motifs is 1. The van der Waals surface area contributed by atoms with Crippen molar-refractivity contribution < 1.29 is 4.79 Å². The Balaban J connectivity index is 1.80. The Kier molecular flexibility index (Phi) is 2.98. The largest absolute Gasteiger partial charge is 0.321 e. The van der Waals surface area contributed by atoms with E-state index >= 15 is 0 Å². The Bertz CT molecular complexity index is 751. The fourth-order valence-corrected chi connectivity index (χ4v) is 2.21. The molecule has 102 valence electrons. The molecule has 0 saturated carbocycles. The molecule has 0 radical (unpaired) electrons. The normalized spacial score (nSPS) is 10.9. The molecule has 0 aliphatic carbocycles. The lowest BCUT2D eigenvalue weighted by molar-refractivity contribution is -0.116. The summed E-state index contributed by atoms with van der Waals surface area (Å²) >= 11 is 0. The molecule has 0 atom stereocenters. The monoisotopic (exact) mass is 269 g/mol. The van der Waals surface area contributed by atoms with Gasteiger partial charge in [0.1, 0.15) is 6.54 Å². The molecule has 2 aromatic heterocycles. The molecule has 0 unspecified atom stereocenters. The topological polar surface area (TPSA) is 75.6 Å². The van der Waals surface area contributed by atoms with Crippen LogP contribution in [0, 0.1) is 13.8 Å². The summed E-state index contributed by atoms with van der Waals surface area (Å²) in [4.78, 5) is 16.4. The van der Waals surface area contributed by atoms with Crippen molar-refractivity contribution in [3.63, 3.8) is 0 Å². The Labute approximate surface area is 115 Å². The van der Waals surface area contributed by atoms with Crippen molar-refractivity contribution in [2.24, 2.45) is 0 Å². The highest BCUT2D eigenvalue weighted by atomic mass is 16.2. The Morgan fingerprint density at radius 1 is 1.35 bits per heavy atom. The number of nitrogens with zero attached hydrogens (tertiary/aromatic N) is 3. The molecule has 1 amide bonds. The number of amides is 1. The first kappa shape index (κ1) is 12.4. The number of para-hydroxylation sites is 2. The maximum absolute atomic E-state index is 12.1. The molecule has 2 N–H and O–H groups in total. The van der Waals surface area contributed by atoms with Crippen LogP contribution in [0.15, 0.2) is 30.6 Å². The molecular weight excluding hydrogens is 254 g/mol. The summed E-state index contributed by atoms with van der Waals surface area (Å²) in [6, 6.07) is 7.73. The number of aromatic nitrogens is 4. The molecule has 0 aliphatic heterocycles. The molecule has 20 heavy (non-hydrogen) atoms. The zero-order valence-electron chi connectivity index (χ0n) is 11.3. The standard InChI is InChI=1S/C14H15N5O/c1-9-14(10(2)18-17-9)16-13(20)7-19-8-15-11-5-3-4-6-12(11)19/h3-6,8H,7H2,1-2H3,(H,16,20)(H,17,18). The first-order valence-electron chi connectivity index (χ1n) is 6.36. The highest BCUT2D eigenvalue weighted by Gasteiger charge is 2.11. The maximum atomic E-state index is 12.1. The Morgan fingerprint density at radius 2 is 2.15 bits per heavy atom. The fourth-order valence-electron chi connectivity index (χ4n) is 2.21. The van der Waals surface area contributed by atoms with E-state index in [0.29, 0.717) is 0 Å². The number of aryl methyl sites for hydroxylation is 2. The van der Waals surface area contributed by atoms with E-state index in [9.17, 15) is 4.79 Å². The van der Waals surface area contributed by atoms with Crippen molar-refractivity contribution in [2.75, 3.05) is 5.32 Å². The van der Waals surface area contributed by atoms with Crippen LogP contribution in [0.25, 0.3) is 11.0 Å². The number of carbonyl (C=O) groups excluding carboxylic acids is 1. The second kappa shape index (κ2) is 4.80. The number of nitrogens with one attached hydrogen (secondary N) is 2. The summed E-state index contributed by atoms with van der Waals surface area (Å²) in [6.07, 6.45) is 1.68. The molecule has 0 bridgehead atoms. The highest BCUT2D eigenvalue weighted by molar-refractivity contribution is 5.92. The van der Waals surface area contributed by atoms with Gasteiger partial charge in [-0.3, -0.25) is 9.89 Å². The fraction of sp³-hybridized carbons (Fsp3) is 0.214. The molecule has 0 aliphatic rings. The van der Waals surface area contributed by atoms with E-state index in [0.717, 1.165) is 28.1 Å². The zero-order chi connectivity index (χ0) is 14.1. The Hall–Kier alpha value is -2.63. The van der Waals surface area contributed by atoms with Crippen molar-refractivity contribution in [1.29, 1.82) is 0 Å². The predicted octanol–water partition coefficient (Wildman–Crippen LogP) is 2.01. The van der Waals surface area contributed by atoms with Crippen LogP contribution >= 0.6 is 0 Å². The lowest BCUT2D eigenvalue weighted by atomic mass is 10.3. The van der Waals surface area contributed by atoms with E-state index in [1.54, 1.807) is 6.33 Å². The van der Waals surface area contributed by atoms with Crippen LogP contribution < -0.4 is 5.32 Å². The lowest BCUT2D eigenvalue weighted by Crippen LogP contribution is -2.18. The van der Waals surface area contributed by atoms with Gasteiger partial charge in [-0.05, 0) is 26.0 Å². The van der Waals surface area contributed by atoms with Gasteiger partial charge in [0.25, 0.3) is 0 Å². The van der Waals surface area contributed by atoms with Crippen molar-refractivity contribution in [1.82, 2.24) is 19.7 Å². The van der Waals surface area contributed by atoms with E-state index in [-0.39, 0.29) is 12.5 Å². The zero-order valence-corrected chi connectivity index (χ0v) is 11.3. The third kappa shape index (κ3) is 2.16. The molecule has 6 nitrogen and oxygen atoms in total. The van der Waals surface area contributed by atoms with Crippen LogP contribution in [-0.4, -0.2) is 25.7 Å². The molecule has 0 spiro atoms. The number of H-pyrrole nitrogens is 1. The molecule has 3 rings (SSSR count). The summed E-state index contributed by atoms with van der Waals surface area (Å²) in [5.41, 5.74) is 4.22. The Morgan fingerprint density at radius 3 is 2.90 bits per heavy atom. The summed E-state index contributed by atoms with van der Waals surface area (Å²) in [7, 11) is 0. The van der Waals surface area contributed by atoms with Gasteiger partial charge >= 0.3 is 0 Å². The smallest absolute Gasteiger partial charge is 0.244 e. The van der Waals surface area contributed by atoms with Gasteiger partial charge in [-0.2, -0.15) is 5.10 Å². The van der Waals surface area contributed by atoms with E-state index in [4.69, 9.17) is 0 Å². The average molecular weight is 269 g/mol. The van der Waals surface area contributed by atoms with Gasteiger partial charge in [0, 0.05) is 0 Å². The van der Waals surface area contributed by atoms with Crippen LogP contribution in [-0.2, 0) is 11.3 Å². The molecule has 3 aromatic rings. The highest BCUT2D eigenvalue weighted by Crippen LogP contribution is 2.16. The van der Waals surface area contributed by atoms with Gasteiger partial charge in [0.05, 0.1) is 34.4 Å². The van der Waals surface area contributed by atoms with Crippen LogP contribution in [0.4, 0.5) is 5.69 Å². The van der Waals surface area contributed by atoms with Gasteiger partial charge in [0.15, 0.2) is 0 Å². The summed E-state index contributed by atoms with van der Waals surface area (Å²) in [5, 5.41) is 9.78. The molecular formula is C14H15N5O. The minimum absolute atomic E-state index is 0.0965. The average Bonchev–Trinajstić information content (AvgIpc) is 2.98. The quantitative estimate of drug-likeness (QED) is 0.763. The molecule has 1 aromatic carbocycles. The molecule has 2 heterocycles. The molecule has 6 heteroatoms. The van der Waals surface area contributed by atoms with Crippen molar-refractivity contribution in [3.8, 4) is 0 Å². The van der Waals surface area contributed by atoms with E-state index in [2.05, 4.69) is 20.5 Å². The minimum atomic E-state index is -0.0965. The SMILES string of the molecule is Cc1n[nH]c(C)c1NC(=O)Cn1cnc2ccccc21. The molecule has 0 fully saturated rings. The van der Waals surface area contributed by atoms with Crippen molar-refractivity contribution in [2.45, 2.75) is 20.4 Å². The first-order valence-corrected chi connectivity index (χ1v) is 6.36. The second-order valence-corrected chi connectivity index (χ2v) is 4.72. The minimum Gasteiger partial charge on any atom is -0.321 e. The van der Waals surface area contributed by atoms with Gasteiger partial charge in [0.2, 0.25) is 5.91 Å². The maximum Gasteiger partial charge on any atom is 0.244 e. The number of hydrogen-bond donors (Lipinski definition) is 2. The third-order valence-electron chi connectivity index (χ3n) is 3.23. The van der Waals surface area contributed by atoms with Gasteiger partial charge in [-0.1, -0.05) is 12.1 Å². The number of rotatable bonds is 3. The number of aromatic amines is 1. The van der Waals surface area contributed by atoms with Crippen LogP contribution in [0.5, 0.6) is 0 Å². The van der Waals surface area contributed by atoms with E-state index in [1.807, 2.05) is 42.7 Å². The van der Waals surface area contributed by atoms with Crippen LogP contribution in [0.2, 0.25) is 0 Å². The number of carbonyl (C=O) groups is 1. The van der Waals surface area contributed by atoms with E-state index < -0.39 is 0 Å². The summed E-state index contributed by atoms with van der Waals surface area (Å²) in [5.74, 6) is -0.0965. The second-order valence-electron chi connectivity index (χ2n) is 4.72.